The second kappa shape index (κ2) is 14.0. The van der Waals surface area contributed by atoms with E-state index >= 15 is 0 Å². The van der Waals surface area contributed by atoms with Crippen LogP contribution in [-0.4, -0.2) is 99.4 Å². The van der Waals surface area contributed by atoms with E-state index in [0.717, 1.165) is 37.2 Å². The van der Waals surface area contributed by atoms with Crippen LogP contribution in [0.15, 0.2) is 0 Å². The molecule has 0 aliphatic carbocycles. The van der Waals surface area contributed by atoms with Crippen LogP contribution in [-0.2, 0) is 25.6 Å². The summed E-state index contributed by atoms with van der Waals surface area (Å²) in [5, 5.41) is 15.5. The second-order valence-corrected chi connectivity index (χ2v) is 8.34. The van der Waals surface area contributed by atoms with Crippen molar-refractivity contribution in [3.8, 4) is 6.07 Å². The molecule has 10 heteroatoms. The van der Waals surface area contributed by atoms with Crippen LogP contribution in [0.25, 0.3) is 0 Å². The Hall–Kier alpha value is -2.45. The monoisotopic (exact) mass is 462 g/mol. The average molecular weight is 463 g/mol. The molecule has 0 spiro atoms. The van der Waals surface area contributed by atoms with E-state index in [1.807, 2.05) is 18.4 Å². The van der Waals surface area contributed by atoms with Crippen molar-refractivity contribution >= 4 is 17.6 Å². The quantitative estimate of drug-likeness (QED) is 0.416. The van der Waals surface area contributed by atoms with Crippen molar-refractivity contribution in [3.63, 3.8) is 0 Å². The number of carbonyl (C=O) groups is 2. The van der Waals surface area contributed by atoms with Gasteiger partial charge in [0.2, 0.25) is 11.8 Å². The van der Waals surface area contributed by atoms with E-state index in [1.165, 1.54) is 0 Å². The summed E-state index contributed by atoms with van der Waals surface area (Å²) in [4.78, 5) is 29.0. The zero-order valence-corrected chi connectivity index (χ0v) is 20.4. The van der Waals surface area contributed by atoms with Crippen LogP contribution >= 0.6 is 0 Å². The van der Waals surface area contributed by atoms with Gasteiger partial charge in [-0.2, -0.15) is 5.26 Å². The summed E-state index contributed by atoms with van der Waals surface area (Å²) in [5.74, 6) is 0.444. The molecule has 1 aliphatic rings. The first-order valence-electron chi connectivity index (χ1n) is 11.5. The maximum atomic E-state index is 12.8. The van der Waals surface area contributed by atoms with Crippen LogP contribution in [0.4, 0.5) is 5.82 Å². The maximum Gasteiger partial charge on any atom is 0.239 e. The molecule has 10 nitrogen and oxygen atoms in total. The lowest BCUT2D eigenvalue weighted by molar-refractivity contribution is -0.123. The molecule has 1 aliphatic heterocycles. The molecule has 2 heterocycles. The summed E-state index contributed by atoms with van der Waals surface area (Å²) in [6.07, 6.45) is 1.59. The molecule has 0 bridgehead atoms. The smallest absolute Gasteiger partial charge is 0.239 e. The van der Waals surface area contributed by atoms with E-state index in [0.29, 0.717) is 57.3 Å². The third kappa shape index (κ3) is 8.12. The number of hydrogen-bond donors (Lipinski definition) is 2. The Morgan fingerprint density at radius 3 is 2.12 bits per heavy atom. The number of aromatic nitrogens is 1. The molecule has 1 saturated heterocycles. The fourth-order valence-electron chi connectivity index (χ4n) is 3.96. The standard InChI is InChI=1S/C23H38N6O4/c1-18-19(2)29(8-6-14-33-4)23(20(18)15-24)26-22(31)17-28-11-9-27(10-12-28)16-21(30)25-7-5-13-32-3/h5-14,16-17H2,1-4H3,(H,25,30)(H,26,31). The molecule has 33 heavy (non-hydrogen) atoms. The normalized spacial score (nSPS) is 14.8. The number of piperazine rings is 1. The van der Waals surface area contributed by atoms with Gasteiger partial charge in [0.25, 0.3) is 0 Å². The van der Waals surface area contributed by atoms with Crippen LogP contribution in [0.3, 0.4) is 0 Å². The fourth-order valence-corrected chi connectivity index (χ4v) is 3.96. The number of amides is 2. The molecule has 1 fully saturated rings. The second-order valence-electron chi connectivity index (χ2n) is 8.34. The number of hydrogen-bond acceptors (Lipinski definition) is 7. The van der Waals surface area contributed by atoms with Crippen molar-refractivity contribution < 1.29 is 19.1 Å². The summed E-state index contributed by atoms with van der Waals surface area (Å²) in [6.45, 7) is 9.90. The van der Waals surface area contributed by atoms with Crippen molar-refractivity contribution in [1.82, 2.24) is 19.7 Å². The Labute approximate surface area is 196 Å². The first-order chi connectivity index (χ1) is 15.9. The van der Waals surface area contributed by atoms with Crippen molar-refractivity contribution in [3.05, 3.63) is 16.8 Å². The van der Waals surface area contributed by atoms with E-state index < -0.39 is 0 Å². The number of anilines is 1. The third-order valence-corrected chi connectivity index (χ3v) is 5.98. The van der Waals surface area contributed by atoms with Crippen molar-refractivity contribution in [2.75, 3.05) is 78.6 Å². The van der Waals surface area contributed by atoms with Gasteiger partial charge in [-0.3, -0.25) is 19.4 Å². The highest BCUT2D eigenvalue weighted by atomic mass is 16.5. The third-order valence-electron chi connectivity index (χ3n) is 5.98. The molecule has 2 rings (SSSR count). The van der Waals surface area contributed by atoms with Gasteiger partial charge >= 0.3 is 0 Å². The van der Waals surface area contributed by atoms with Gasteiger partial charge in [0, 0.05) is 72.4 Å². The molecule has 184 valence electrons. The highest BCUT2D eigenvalue weighted by Crippen LogP contribution is 2.26. The van der Waals surface area contributed by atoms with Crippen molar-refractivity contribution in [2.24, 2.45) is 0 Å². The van der Waals surface area contributed by atoms with Gasteiger partial charge < -0.3 is 24.7 Å². The van der Waals surface area contributed by atoms with Crippen LogP contribution in [0, 0.1) is 25.2 Å². The van der Waals surface area contributed by atoms with Gasteiger partial charge in [-0.25, -0.2) is 0 Å². The SMILES string of the molecule is COCCCNC(=O)CN1CCN(CC(=O)Nc2c(C#N)c(C)c(C)n2CCCOC)CC1. The summed E-state index contributed by atoms with van der Waals surface area (Å²) in [6, 6.07) is 2.24. The molecule has 1 aromatic rings. The topological polar surface area (TPSA) is 112 Å². The van der Waals surface area contributed by atoms with Crippen LogP contribution in [0.5, 0.6) is 0 Å². The zero-order chi connectivity index (χ0) is 24.2. The molecule has 0 saturated carbocycles. The van der Waals surface area contributed by atoms with E-state index in [9.17, 15) is 14.9 Å². The molecule has 0 aromatic carbocycles. The van der Waals surface area contributed by atoms with E-state index in [1.54, 1.807) is 14.2 Å². The number of carbonyl (C=O) groups excluding carboxylic acids is 2. The Morgan fingerprint density at radius 1 is 0.970 bits per heavy atom. The molecule has 2 amide bonds. The van der Waals surface area contributed by atoms with E-state index in [-0.39, 0.29) is 18.4 Å². The molecule has 2 N–H and O–H groups in total. The lowest BCUT2D eigenvalue weighted by Gasteiger charge is -2.33. The van der Waals surface area contributed by atoms with Crippen LogP contribution < -0.4 is 10.6 Å². The minimum Gasteiger partial charge on any atom is -0.385 e. The number of ether oxygens (including phenoxy) is 2. The van der Waals surface area contributed by atoms with E-state index in [4.69, 9.17) is 9.47 Å². The van der Waals surface area contributed by atoms with E-state index in [2.05, 4.69) is 26.5 Å². The predicted molar refractivity (Wildman–Crippen MR) is 126 cm³/mol. The Morgan fingerprint density at radius 2 is 1.55 bits per heavy atom. The molecule has 0 atom stereocenters. The van der Waals surface area contributed by atoms with Gasteiger partial charge in [-0.15, -0.1) is 0 Å². The highest BCUT2D eigenvalue weighted by molar-refractivity contribution is 5.93. The predicted octanol–water partition coefficient (Wildman–Crippen LogP) is 0.722. The fraction of sp³-hybridized carbons (Fsp3) is 0.696. The summed E-state index contributed by atoms with van der Waals surface area (Å²) < 4.78 is 12.1. The van der Waals surface area contributed by atoms with Gasteiger partial charge in [-0.05, 0) is 32.3 Å². The number of nitriles is 1. The van der Waals surface area contributed by atoms with Gasteiger partial charge in [0.05, 0.1) is 18.7 Å². The van der Waals surface area contributed by atoms with Gasteiger partial charge in [0.15, 0.2) is 0 Å². The Balaban J connectivity index is 1.84. The molecule has 0 radical (unpaired) electrons. The van der Waals surface area contributed by atoms with Crippen LogP contribution in [0.1, 0.15) is 29.7 Å². The van der Waals surface area contributed by atoms with Gasteiger partial charge in [0.1, 0.15) is 11.9 Å². The number of rotatable bonds is 13. The molecular formula is C23H38N6O4. The first kappa shape index (κ1) is 26.8. The summed E-state index contributed by atoms with van der Waals surface area (Å²) >= 11 is 0. The van der Waals surface area contributed by atoms with Gasteiger partial charge in [-0.1, -0.05) is 0 Å². The Bertz CT molecular complexity index is 824. The van der Waals surface area contributed by atoms with Crippen molar-refractivity contribution in [2.45, 2.75) is 33.2 Å². The minimum atomic E-state index is -0.138. The number of nitrogens with one attached hydrogen (secondary N) is 2. The number of methoxy groups -OCH3 is 2. The van der Waals surface area contributed by atoms with Crippen molar-refractivity contribution in [1.29, 1.82) is 5.26 Å². The summed E-state index contributed by atoms with van der Waals surface area (Å²) in [7, 11) is 3.30. The lowest BCUT2D eigenvalue weighted by atomic mass is 10.2. The first-order valence-corrected chi connectivity index (χ1v) is 11.5. The van der Waals surface area contributed by atoms with Crippen LogP contribution in [0.2, 0.25) is 0 Å². The minimum absolute atomic E-state index is 0.0151. The Kier molecular flexibility index (Phi) is 11.3. The zero-order valence-electron chi connectivity index (χ0n) is 20.4. The lowest BCUT2D eigenvalue weighted by Crippen LogP contribution is -2.51. The molecule has 0 unspecified atom stereocenters. The maximum absolute atomic E-state index is 12.8. The highest BCUT2D eigenvalue weighted by Gasteiger charge is 2.23. The molecule has 1 aromatic heterocycles. The largest absolute Gasteiger partial charge is 0.385 e. The number of nitrogens with zero attached hydrogens (tertiary/aromatic N) is 4. The average Bonchev–Trinajstić information content (AvgIpc) is 3.01. The summed E-state index contributed by atoms with van der Waals surface area (Å²) in [5.41, 5.74) is 2.38. The molecular weight excluding hydrogens is 424 g/mol.